The lowest BCUT2D eigenvalue weighted by Gasteiger charge is -2.27. The molecule has 1 aliphatic heterocycles. The Hall–Kier alpha value is -1.15. The second kappa shape index (κ2) is 5.69. The third-order valence-corrected chi connectivity index (χ3v) is 4.56. The van der Waals surface area contributed by atoms with E-state index in [0.717, 1.165) is 29.8 Å². The highest BCUT2D eigenvalue weighted by Gasteiger charge is 2.32. The van der Waals surface area contributed by atoms with E-state index < -0.39 is 0 Å². The minimum Gasteiger partial charge on any atom is -0.295 e. The lowest BCUT2D eigenvalue weighted by Crippen LogP contribution is -2.30. The molecule has 110 valence electrons. The first-order valence-corrected chi connectivity index (χ1v) is 7.60. The van der Waals surface area contributed by atoms with Crippen molar-refractivity contribution in [1.82, 2.24) is 4.90 Å². The molecule has 1 heterocycles. The zero-order chi connectivity index (χ0) is 14.9. The molecule has 0 spiro atoms. The van der Waals surface area contributed by atoms with Gasteiger partial charge in [0.25, 0.3) is 0 Å². The highest BCUT2D eigenvalue weighted by molar-refractivity contribution is 5.99. The standard InChI is InChI=1S/C18H27NO/c1-13-6-7-14(2)16(10-13)17(20)12-19-9-8-15(11-19)18(3,4)5/h6-7,10,15H,8-9,11-12H2,1-5H3. The van der Waals surface area contributed by atoms with Crippen molar-refractivity contribution < 1.29 is 4.79 Å². The molecule has 0 aromatic heterocycles. The van der Waals surface area contributed by atoms with E-state index in [9.17, 15) is 4.79 Å². The monoisotopic (exact) mass is 273 g/mol. The number of carbonyl (C=O) groups excluding carboxylic acids is 1. The average Bonchev–Trinajstić information content (AvgIpc) is 2.80. The summed E-state index contributed by atoms with van der Waals surface area (Å²) < 4.78 is 0. The topological polar surface area (TPSA) is 20.3 Å². The number of nitrogens with zero attached hydrogens (tertiary/aromatic N) is 1. The summed E-state index contributed by atoms with van der Waals surface area (Å²) in [6.07, 6.45) is 1.21. The van der Waals surface area contributed by atoms with Crippen molar-refractivity contribution in [2.24, 2.45) is 11.3 Å². The van der Waals surface area contributed by atoms with Crippen molar-refractivity contribution in [3.05, 3.63) is 34.9 Å². The van der Waals surface area contributed by atoms with E-state index in [4.69, 9.17) is 0 Å². The Balaban J connectivity index is 2.01. The molecule has 1 aromatic rings. The maximum absolute atomic E-state index is 12.5. The summed E-state index contributed by atoms with van der Waals surface area (Å²) in [5.41, 5.74) is 3.49. The van der Waals surface area contributed by atoms with Crippen LogP contribution in [0, 0.1) is 25.2 Å². The number of hydrogen-bond acceptors (Lipinski definition) is 2. The van der Waals surface area contributed by atoms with Gasteiger partial charge in [0, 0.05) is 12.1 Å². The third-order valence-electron chi connectivity index (χ3n) is 4.56. The van der Waals surface area contributed by atoms with Crippen LogP contribution in [0.15, 0.2) is 18.2 Å². The third kappa shape index (κ3) is 3.49. The van der Waals surface area contributed by atoms with Gasteiger partial charge < -0.3 is 0 Å². The van der Waals surface area contributed by atoms with Crippen LogP contribution >= 0.6 is 0 Å². The molecule has 1 fully saturated rings. The zero-order valence-electron chi connectivity index (χ0n) is 13.5. The summed E-state index contributed by atoms with van der Waals surface area (Å²) in [6.45, 7) is 13.6. The maximum atomic E-state index is 12.5. The second-order valence-electron chi connectivity index (χ2n) is 7.33. The summed E-state index contributed by atoms with van der Waals surface area (Å²) in [4.78, 5) is 14.8. The van der Waals surface area contributed by atoms with Crippen LogP contribution in [0.2, 0.25) is 0 Å². The fourth-order valence-electron chi connectivity index (χ4n) is 3.01. The maximum Gasteiger partial charge on any atom is 0.177 e. The van der Waals surface area contributed by atoms with Crippen LogP contribution in [0.5, 0.6) is 0 Å². The van der Waals surface area contributed by atoms with Crippen molar-refractivity contribution in [2.75, 3.05) is 19.6 Å². The molecule has 2 nitrogen and oxygen atoms in total. The molecule has 0 saturated carbocycles. The van der Waals surface area contributed by atoms with Crippen LogP contribution in [0.3, 0.4) is 0 Å². The molecule has 1 unspecified atom stereocenters. The normalized spacial score (nSPS) is 20.4. The van der Waals surface area contributed by atoms with Gasteiger partial charge >= 0.3 is 0 Å². The fraction of sp³-hybridized carbons (Fsp3) is 0.611. The molecule has 0 bridgehead atoms. The van der Waals surface area contributed by atoms with E-state index in [2.05, 4.69) is 31.7 Å². The van der Waals surface area contributed by atoms with Gasteiger partial charge in [0.1, 0.15) is 0 Å². The number of carbonyl (C=O) groups is 1. The minimum atomic E-state index is 0.265. The van der Waals surface area contributed by atoms with E-state index in [1.54, 1.807) is 0 Å². The predicted molar refractivity (Wildman–Crippen MR) is 84.2 cm³/mol. The molecule has 1 aliphatic rings. The number of ketones is 1. The molecule has 1 atom stereocenters. The van der Waals surface area contributed by atoms with E-state index in [1.165, 1.54) is 6.42 Å². The van der Waals surface area contributed by atoms with Gasteiger partial charge in [0.2, 0.25) is 0 Å². The number of hydrogen-bond donors (Lipinski definition) is 0. The molecule has 1 aromatic carbocycles. The van der Waals surface area contributed by atoms with E-state index in [1.807, 2.05) is 26.0 Å². The molecule has 1 saturated heterocycles. The van der Waals surface area contributed by atoms with E-state index >= 15 is 0 Å². The smallest absolute Gasteiger partial charge is 0.177 e. The van der Waals surface area contributed by atoms with Gasteiger partial charge in [0.05, 0.1) is 6.54 Å². The van der Waals surface area contributed by atoms with Crippen LogP contribution < -0.4 is 0 Å². The highest BCUT2D eigenvalue weighted by atomic mass is 16.1. The van der Waals surface area contributed by atoms with Crippen molar-refractivity contribution in [3.8, 4) is 0 Å². The molecule has 0 amide bonds. The van der Waals surface area contributed by atoms with E-state index in [0.29, 0.717) is 17.9 Å². The Morgan fingerprint density at radius 1 is 1.30 bits per heavy atom. The van der Waals surface area contributed by atoms with Gasteiger partial charge in [-0.05, 0) is 49.8 Å². The van der Waals surface area contributed by atoms with Gasteiger partial charge in [-0.15, -0.1) is 0 Å². The lowest BCUT2D eigenvalue weighted by atomic mass is 9.80. The second-order valence-corrected chi connectivity index (χ2v) is 7.33. The Kier molecular flexibility index (Phi) is 4.33. The molecule has 2 heteroatoms. The minimum absolute atomic E-state index is 0.265. The van der Waals surface area contributed by atoms with Crippen LogP contribution in [0.25, 0.3) is 0 Å². The molecule has 0 aliphatic carbocycles. The van der Waals surface area contributed by atoms with Crippen LogP contribution in [0.1, 0.15) is 48.7 Å². The van der Waals surface area contributed by atoms with Gasteiger partial charge in [-0.1, -0.05) is 38.5 Å². The number of likely N-dealkylation sites (tertiary alicyclic amines) is 1. The molecular formula is C18H27NO. The number of Topliss-reactive ketones (excluding diaryl/α,β-unsaturated/α-hetero) is 1. The number of benzene rings is 1. The Morgan fingerprint density at radius 3 is 2.60 bits per heavy atom. The fourth-order valence-corrected chi connectivity index (χ4v) is 3.01. The molecule has 0 N–H and O–H groups in total. The number of rotatable bonds is 3. The SMILES string of the molecule is Cc1ccc(C)c(C(=O)CN2CCC(C(C)(C)C)C2)c1. The van der Waals surface area contributed by atoms with Crippen molar-refractivity contribution in [3.63, 3.8) is 0 Å². The highest BCUT2D eigenvalue weighted by Crippen LogP contribution is 2.33. The molecule has 0 radical (unpaired) electrons. The lowest BCUT2D eigenvalue weighted by molar-refractivity contribution is 0.0937. The molecular weight excluding hydrogens is 246 g/mol. The first-order valence-electron chi connectivity index (χ1n) is 7.60. The molecule has 2 rings (SSSR count). The summed E-state index contributed by atoms with van der Waals surface area (Å²) >= 11 is 0. The van der Waals surface area contributed by atoms with Crippen molar-refractivity contribution >= 4 is 5.78 Å². The van der Waals surface area contributed by atoms with Crippen LogP contribution in [-0.4, -0.2) is 30.3 Å². The summed E-state index contributed by atoms with van der Waals surface area (Å²) in [7, 11) is 0. The Bertz CT molecular complexity index is 499. The van der Waals surface area contributed by atoms with E-state index in [-0.39, 0.29) is 5.78 Å². The summed E-state index contributed by atoms with van der Waals surface area (Å²) in [6, 6.07) is 6.14. The van der Waals surface area contributed by atoms with Gasteiger partial charge in [0.15, 0.2) is 5.78 Å². The zero-order valence-corrected chi connectivity index (χ0v) is 13.5. The summed E-state index contributed by atoms with van der Waals surface area (Å²) in [5.74, 6) is 0.967. The molecule has 20 heavy (non-hydrogen) atoms. The van der Waals surface area contributed by atoms with Gasteiger partial charge in [-0.25, -0.2) is 0 Å². The average molecular weight is 273 g/mol. The number of aryl methyl sites for hydroxylation is 2. The quantitative estimate of drug-likeness (QED) is 0.780. The van der Waals surface area contributed by atoms with Gasteiger partial charge in [-0.2, -0.15) is 0 Å². The van der Waals surface area contributed by atoms with Gasteiger partial charge in [-0.3, -0.25) is 9.69 Å². The largest absolute Gasteiger partial charge is 0.295 e. The Morgan fingerprint density at radius 2 is 2.00 bits per heavy atom. The van der Waals surface area contributed by atoms with Crippen LogP contribution in [-0.2, 0) is 0 Å². The predicted octanol–water partition coefficient (Wildman–Crippen LogP) is 3.85. The first kappa shape index (κ1) is 15.2. The van der Waals surface area contributed by atoms with Crippen molar-refractivity contribution in [1.29, 1.82) is 0 Å². The van der Waals surface area contributed by atoms with Crippen LogP contribution in [0.4, 0.5) is 0 Å². The first-order chi connectivity index (χ1) is 9.27. The summed E-state index contributed by atoms with van der Waals surface area (Å²) in [5, 5.41) is 0. The van der Waals surface area contributed by atoms with Crippen molar-refractivity contribution in [2.45, 2.75) is 41.0 Å². The Labute approximate surface area is 123 Å².